The van der Waals surface area contributed by atoms with E-state index in [0.29, 0.717) is 22.2 Å². The molecule has 3 rings (SSSR count). The minimum absolute atomic E-state index is 0.0352. The number of anilines is 3. The van der Waals surface area contributed by atoms with E-state index >= 15 is 0 Å². The minimum atomic E-state index is -0.470. The number of nitrogens with zero attached hydrogens (tertiary/aromatic N) is 2. The fraction of sp³-hybridized carbons (Fsp3) is 0.150. The lowest BCUT2D eigenvalue weighted by atomic mass is 10.1. The van der Waals surface area contributed by atoms with Crippen LogP contribution in [0.2, 0.25) is 0 Å². The van der Waals surface area contributed by atoms with Gasteiger partial charge in [-0.05, 0) is 18.2 Å². The number of nitrogens with one attached hydrogen (secondary N) is 3. The lowest BCUT2D eigenvalue weighted by molar-refractivity contribution is -0.384. The van der Waals surface area contributed by atoms with Crippen LogP contribution in [-0.2, 0) is 9.59 Å². The fourth-order valence-corrected chi connectivity index (χ4v) is 3.40. The van der Waals surface area contributed by atoms with Gasteiger partial charge in [0.25, 0.3) is 5.69 Å². The molecule has 2 aromatic carbocycles. The molecule has 0 saturated heterocycles. The number of nitro groups is 1. The molecule has 0 bridgehead atoms. The molecule has 0 unspecified atom stereocenters. The molecule has 3 N–H and O–H groups in total. The molecule has 0 saturated carbocycles. The molecule has 0 aliphatic heterocycles. The zero-order valence-electron chi connectivity index (χ0n) is 16.0. The molecular formula is C20H19N5O4S. The van der Waals surface area contributed by atoms with Crippen LogP contribution >= 0.6 is 11.3 Å². The number of amides is 2. The average molecular weight is 425 g/mol. The molecule has 30 heavy (non-hydrogen) atoms. The van der Waals surface area contributed by atoms with Gasteiger partial charge < -0.3 is 16.0 Å². The van der Waals surface area contributed by atoms with E-state index in [2.05, 4.69) is 20.9 Å². The number of nitro benzene ring substituents is 1. The number of para-hydroxylation sites is 2. The predicted molar refractivity (Wildman–Crippen MR) is 117 cm³/mol. The molecule has 0 aliphatic carbocycles. The van der Waals surface area contributed by atoms with Crippen LogP contribution in [-0.4, -0.2) is 28.3 Å². The van der Waals surface area contributed by atoms with Crippen molar-refractivity contribution >= 4 is 45.3 Å². The van der Waals surface area contributed by atoms with Gasteiger partial charge in [0.1, 0.15) is 5.69 Å². The van der Waals surface area contributed by atoms with E-state index < -0.39 is 4.92 Å². The van der Waals surface area contributed by atoms with Gasteiger partial charge in [-0.25, -0.2) is 4.98 Å². The number of carbonyl (C=O) groups excluding carboxylic acids is 2. The first-order valence-corrected chi connectivity index (χ1v) is 9.91. The molecule has 0 aliphatic rings. The number of hydrogen-bond acceptors (Lipinski definition) is 7. The quantitative estimate of drug-likeness (QED) is 0.368. The summed E-state index contributed by atoms with van der Waals surface area (Å²) in [6.07, 6.45) is 0.131. The highest BCUT2D eigenvalue weighted by atomic mass is 32.1. The lowest BCUT2D eigenvalue weighted by Crippen LogP contribution is -2.16. The van der Waals surface area contributed by atoms with Crippen LogP contribution in [0, 0.1) is 10.1 Å². The Balaban J connectivity index is 1.53. The SMILES string of the molecule is CC(=O)Nc1ccc(-c2csc(NC(=O)CCNc3ccccc3[N+](=O)[O-])n2)cc1. The largest absolute Gasteiger partial charge is 0.379 e. The van der Waals surface area contributed by atoms with Crippen molar-refractivity contribution in [3.8, 4) is 11.3 Å². The van der Waals surface area contributed by atoms with Gasteiger partial charge in [-0.3, -0.25) is 19.7 Å². The summed E-state index contributed by atoms with van der Waals surface area (Å²) >= 11 is 1.30. The van der Waals surface area contributed by atoms with Crippen molar-refractivity contribution in [1.29, 1.82) is 0 Å². The van der Waals surface area contributed by atoms with Gasteiger partial charge in [0.2, 0.25) is 11.8 Å². The van der Waals surface area contributed by atoms with E-state index in [4.69, 9.17) is 0 Å². The van der Waals surface area contributed by atoms with Crippen molar-refractivity contribution in [2.45, 2.75) is 13.3 Å². The van der Waals surface area contributed by atoms with Crippen molar-refractivity contribution in [3.63, 3.8) is 0 Å². The summed E-state index contributed by atoms with van der Waals surface area (Å²) in [7, 11) is 0. The Labute approximate surface area is 176 Å². The van der Waals surface area contributed by atoms with Gasteiger partial charge in [-0.15, -0.1) is 11.3 Å². The molecule has 10 heteroatoms. The highest BCUT2D eigenvalue weighted by Gasteiger charge is 2.13. The van der Waals surface area contributed by atoms with E-state index in [1.165, 1.54) is 24.3 Å². The molecule has 9 nitrogen and oxygen atoms in total. The third kappa shape index (κ3) is 5.61. The summed E-state index contributed by atoms with van der Waals surface area (Å²) in [5.74, 6) is -0.388. The Hall–Kier alpha value is -3.79. The zero-order valence-corrected chi connectivity index (χ0v) is 16.9. The van der Waals surface area contributed by atoms with E-state index in [9.17, 15) is 19.7 Å². The van der Waals surface area contributed by atoms with Crippen LogP contribution in [0.4, 0.5) is 22.2 Å². The van der Waals surface area contributed by atoms with Crippen molar-refractivity contribution < 1.29 is 14.5 Å². The van der Waals surface area contributed by atoms with Crippen molar-refractivity contribution in [3.05, 3.63) is 64.0 Å². The first-order valence-electron chi connectivity index (χ1n) is 9.03. The maximum absolute atomic E-state index is 12.2. The first kappa shape index (κ1) is 20.9. The van der Waals surface area contributed by atoms with E-state index in [1.54, 1.807) is 30.3 Å². The summed E-state index contributed by atoms with van der Waals surface area (Å²) < 4.78 is 0. The van der Waals surface area contributed by atoms with Gasteiger partial charge in [0.05, 0.1) is 10.6 Å². The minimum Gasteiger partial charge on any atom is -0.379 e. The van der Waals surface area contributed by atoms with Crippen LogP contribution in [0.5, 0.6) is 0 Å². The lowest BCUT2D eigenvalue weighted by Gasteiger charge is -2.06. The Morgan fingerprint density at radius 3 is 2.53 bits per heavy atom. The maximum atomic E-state index is 12.2. The van der Waals surface area contributed by atoms with Crippen molar-refractivity contribution in [2.75, 3.05) is 22.5 Å². The van der Waals surface area contributed by atoms with Crippen LogP contribution < -0.4 is 16.0 Å². The maximum Gasteiger partial charge on any atom is 0.292 e. The van der Waals surface area contributed by atoms with Crippen LogP contribution in [0.1, 0.15) is 13.3 Å². The molecule has 3 aromatic rings. The van der Waals surface area contributed by atoms with E-state index in [0.717, 1.165) is 5.56 Å². The third-order valence-corrected chi connectivity index (χ3v) is 4.78. The first-order chi connectivity index (χ1) is 14.4. The molecule has 0 radical (unpaired) electrons. The van der Waals surface area contributed by atoms with Gasteiger partial charge >= 0.3 is 0 Å². The Kier molecular flexibility index (Phi) is 6.71. The fourth-order valence-electron chi connectivity index (χ4n) is 2.67. The summed E-state index contributed by atoms with van der Waals surface area (Å²) in [4.78, 5) is 38.2. The number of benzene rings is 2. The molecular weight excluding hydrogens is 406 g/mol. The van der Waals surface area contributed by atoms with Gasteiger partial charge in [-0.1, -0.05) is 24.3 Å². The number of rotatable bonds is 8. The highest BCUT2D eigenvalue weighted by molar-refractivity contribution is 7.14. The summed E-state index contributed by atoms with van der Waals surface area (Å²) in [5, 5.41) is 21.6. The van der Waals surface area contributed by atoms with E-state index in [-0.39, 0.29) is 30.5 Å². The smallest absolute Gasteiger partial charge is 0.292 e. The predicted octanol–water partition coefficient (Wildman–Crippen LogP) is 4.12. The highest BCUT2D eigenvalue weighted by Crippen LogP contribution is 2.26. The Bertz CT molecular complexity index is 1070. The van der Waals surface area contributed by atoms with Crippen LogP contribution in [0.3, 0.4) is 0 Å². The number of hydrogen-bond donors (Lipinski definition) is 3. The second-order valence-corrected chi connectivity index (χ2v) is 7.15. The average Bonchev–Trinajstić information content (AvgIpc) is 3.16. The molecule has 1 aromatic heterocycles. The summed E-state index contributed by atoms with van der Waals surface area (Å²) in [5.41, 5.74) is 2.60. The van der Waals surface area contributed by atoms with Crippen molar-refractivity contribution in [1.82, 2.24) is 4.98 Å². The normalized spacial score (nSPS) is 10.3. The Morgan fingerprint density at radius 2 is 1.83 bits per heavy atom. The Morgan fingerprint density at radius 1 is 1.10 bits per heavy atom. The van der Waals surface area contributed by atoms with E-state index in [1.807, 2.05) is 17.5 Å². The topological polar surface area (TPSA) is 126 Å². The second kappa shape index (κ2) is 9.61. The molecule has 0 fully saturated rings. The number of carbonyl (C=O) groups is 2. The van der Waals surface area contributed by atoms with Crippen LogP contribution in [0.25, 0.3) is 11.3 Å². The van der Waals surface area contributed by atoms with Gasteiger partial charge in [0.15, 0.2) is 5.13 Å². The summed E-state index contributed by atoms with van der Waals surface area (Å²) in [6.45, 7) is 1.69. The van der Waals surface area contributed by atoms with Gasteiger partial charge in [-0.2, -0.15) is 0 Å². The molecule has 1 heterocycles. The molecule has 154 valence electrons. The molecule has 0 spiro atoms. The molecule has 0 atom stereocenters. The third-order valence-electron chi connectivity index (χ3n) is 4.02. The van der Waals surface area contributed by atoms with Crippen LogP contribution in [0.15, 0.2) is 53.9 Å². The number of thiazole rings is 1. The summed E-state index contributed by atoms with van der Waals surface area (Å²) in [6, 6.07) is 13.5. The number of aromatic nitrogens is 1. The monoisotopic (exact) mass is 425 g/mol. The van der Waals surface area contributed by atoms with Crippen molar-refractivity contribution in [2.24, 2.45) is 0 Å². The molecule has 2 amide bonds. The van der Waals surface area contributed by atoms with Gasteiger partial charge in [0, 0.05) is 42.6 Å². The zero-order chi connectivity index (χ0) is 21.5. The second-order valence-electron chi connectivity index (χ2n) is 6.30. The standard InChI is InChI=1S/C20H19N5O4S/c1-13(26)22-15-8-6-14(7-9-15)17-12-30-20(23-17)24-19(27)10-11-21-16-4-2-3-5-18(16)25(28)29/h2-9,12,21H,10-11H2,1H3,(H,22,26)(H,23,24,27).